The molecule has 2 aliphatic heterocycles. The molecule has 2 aliphatic rings. The van der Waals surface area contributed by atoms with Crippen molar-refractivity contribution in [2.24, 2.45) is 0 Å². The summed E-state index contributed by atoms with van der Waals surface area (Å²) in [6, 6.07) is 6.60. The molecule has 25 heavy (non-hydrogen) atoms. The van der Waals surface area contributed by atoms with Crippen LogP contribution in [0.1, 0.15) is 18.4 Å². The summed E-state index contributed by atoms with van der Waals surface area (Å²) >= 11 is 0. The standard InChI is InChI=1S/C18H26N2O4S/c1-19-9-10-20(14-18(19)7-11-24-12-8-18)17(21)13-15-3-5-16(6-4-15)25(2,22)23/h3-6H,7-14H2,1-2H3. The number of rotatable bonds is 3. The molecule has 0 bridgehead atoms. The van der Waals surface area contributed by atoms with Crippen molar-refractivity contribution in [2.75, 3.05) is 46.2 Å². The van der Waals surface area contributed by atoms with Crippen LogP contribution in [0, 0.1) is 0 Å². The van der Waals surface area contributed by atoms with E-state index in [9.17, 15) is 13.2 Å². The number of amides is 1. The summed E-state index contributed by atoms with van der Waals surface area (Å²) in [5.41, 5.74) is 0.879. The molecule has 0 aliphatic carbocycles. The minimum atomic E-state index is -3.21. The highest BCUT2D eigenvalue weighted by Gasteiger charge is 2.42. The van der Waals surface area contributed by atoms with Gasteiger partial charge in [-0.1, -0.05) is 12.1 Å². The zero-order chi connectivity index (χ0) is 18.1. The van der Waals surface area contributed by atoms with Gasteiger partial charge >= 0.3 is 0 Å². The first-order chi connectivity index (χ1) is 11.8. The van der Waals surface area contributed by atoms with Crippen LogP contribution < -0.4 is 0 Å². The monoisotopic (exact) mass is 366 g/mol. The summed E-state index contributed by atoms with van der Waals surface area (Å²) in [6.45, 7) is 3.85. The van der Waals surface area contributed by atoms with Crippen LogP contribution in [0.25, 0.3) is 0 Å². The third kappa shape index (κ3) is 4.04. The van der Waals surface area contributed by atoms with E-state index >= 15 is 0 Å². The topological polar surface area (TPSA) is 66.9 Å². The lowest BCUT2D eigenvalue weighted by atomic mass is 9.86. The summed E-state index contributed by atoms with van der Waals surface area (Å²) in [7, 11) is -1.07. The second-order valence-corrected chi connectivity index (χ2v) is 9.18. The maximum Gasteiger partial charge on any atom is 0.227 e. The Hall–Kier alpha value is -1.44. The van der Waals surface area contributed by atoms with Gasteiger partial charge in [0.1, 0.15) is 0 Å². The van der Waals surface area contributed by atoms with Crippen LogP contribution in [0.5, 0.6) is 0 Å². The maximum atomic E-state index is 12.7. The Morgan fingerprint density at radius 3 is 2.40 bits per heavy atom. The molecule has 3 rings (SSSR count). The molecule has 0 radical (unpaired) electrons. The summed E-state index contributed by atoms with van der Waals surface area (Å²) in [5, 5.41) is 0. The average molecular weight is 366 g/mol. The maximum absolute atomic E-state index is 12.7. The first-order valence-corrected chi connectivity index (χ1v) is 10.6. The van der Waals surface area contributed by atoms with Crippen LogP contribution >= 0.6 is 0 Å². The fourth-order valence-electron chi connectivity index (χ4n) is 3.71. The Labute approximate surface area is 149 Å². The lowest BCUT2D eigenvalue weighted by Crippen LogP contribution is -2.63. The zero-order valence-corrected chi connectivity index (χ0v) is 15.7. The molecule has 0 saturated carbocycles. The summed E-state index contributed by atoms with van der Waals surface area (Å²) in [5.74, 6) is 0.103. The highest BCUT2D eigenvalue weighted by molar-refractivity contribution is 7.90. The summed E-state index contributed by atoms with van der Waals surface area (Å²) < 4.78 is 28.5. The van der Waals surface area contributed by atoms with Gasteiger partial charge in [-0.2, -0.15) is 0 Å². The van der Waals surface area contributed by atoms with Gasteiger partial charge in [-0.15, -0.1) is 0 Å². The quantitative estimate of drug-likeness (QED) is 0.797. The van der Waals surface area contributed by atoms with Crippen LogP contribution in [-0.2, 0) is 25.8 Å². The Morgan fingerprint density at radius 1 is 1.16 bits per heavy atom. The average Bonchev–Trinajstić information content (AvgIpc) is 2.58. The normalized spacial score (nSPS) is 21.4. The Morgan fingerprint density at radius 2 is 1.80 bits per heavy atom. The Balaban J connectivity index is 1.67. The van der Waals surface area contributed by atoms with Gasteiger partial charge < -0.3 is 9.64 Å². The Kier molecular flexibility index (Phi) is 5.18. The third-order valence-electron chi connectivity index (χ3n) is 5.48. The van der Waals surface area contributed by atoms with Crippen molar-refractivity contribution in [3.63, 3.8) is 0 Å². The highest BCUT2D eigenvalue weighted by Crippen LogP contribution is 2.30. The SMILES string of the molecule is CN1CCN(C(=O)Cc2ccc(S(C)(=O)=O)cc2)CC12CCOCC2. The molecule has 138 valence electrons. The van der Waals surface area contributed by atoms with Crippen molar-refractivity contribution in [1.82, 2.24) is 9.80 Å². The molecule has 2 fully saturated rings. The number of hydrogen-bond acceptors (Lipinski definition) is 5. The van der Waals surface area contributed by atoms with E-state index in [1.807, 2.05) is 4.90 Å². The van der Waals surface area contributed by atoms with Crippen LogP contribution in [0.4, 0.5) is 0 Å². The largest absolute Gasteiger partial charge is 0.381 e. The number of sulfone groups is 1. The van der Waals surface area contributed by atoms with Crippen molar-refractivity contribution < 1.29 is 17.9 Å². The van der Waals surface area contributed by atoms with E-state index in [1.165, 1.54) is 6.26 Å². The van der Waals surface area contributed by atoms with Gasteiger partial charge in [-0.05, 0) is 37.6 Å². The van der Waals surface area contributed by atoms with Crippen molar-refractivity contribution in [2.45, 2.75) is 29.7 Å². The number of ether oxygens (including phenoxy) is 1. The smallest absolute Gasteiger partial charge is 0.227 e. The predicted octanol–water partition coefficient (Wildman–Crippen LogP) is 0.956. The number of carbonyl (C=O) groups is 1. The van der Waals surface area contributed by atoms with Crippen LogP contribution in [0.2, 0.25) is 0 Å². The fraction of sp³-hybridized carbons (Fsp3) is 0.611. The molecule has 2 heterocycles. The van der Waals surface area contributed by atoms with E-state index < -0.39 is 9.84 Å². The van der Waals surface area contributed by atoms with Gasteiger partial charge in [0.25, 0.3) is 0 Å². The van der Waals surface area contributed by atoms with Crippen molar-refractivity contribution in [3.8, 4) is 0 Å². The van der Waals surface area contributed by atoms with Crippen molar-refractivity contribution >= 4 is 15.7 Å². The van der Waals surface area contributed by atoms with Gasteiger partial charge in [0.2, 0.25) is 5.91 Å². The molecule has 0 aromatic heterocycles. The molecule has 6 nitrogen and oxygen atoms in total. The minimum Gasteiger partial charge on any atom is -0.381 e. The molecule has 0 N–H and O–H groups in total. The van der Waals surface area contributed by atoms with Crippen molar-refractivity contribution in [3.05, 3.63) is 29.8 Å². The molecule has 2 saturated heterocycles. The third-order valence-corrected chi connectivity index (χ3v) is 6.61. The summed E-state index contributed by atoms with van der Waals surface area (Å²) in [6.07, 6.45) is 3.40. The molecule has 1 spiro atoms. The highest BCUT2D eigenvalue weighted by atomic mass is 32.2. The van der Waals surface area contributed by atoms with Gasteiger partial charge in [-0.25, -0.2) is 8.42 Å². The lowest BCUT2D eigenvalue weighted by Gasteiger charge is -2.51. The van der Waals surface area contributed by atoms with Crippen LogP contribution in [0.3, 0.4) is 0 Å². The Bertz CT molecular complexity index is 724. The second kappa shape index (κ2) is 7.05. The second-order valence-electron chi connectivity index (χ2n) is 7.17. The first-order valence-electron chi connectivity index (χ1n) is 8.66. The number of likely N-dealkylation sites (N-methyl/N-ethyl adjacent to an activating group) is 1. The predicted molar refractivity (Wildman–Crippen MR) is 95.2 cm³/mol. The van der Waals surface area contributed by atoms with Gasteiger partial charge in [0.15, 0.2) is 9.84 Å². The molecule has 1 amide bonds. The van der Waals surface area contributed by atoms with E-state index in [4.69, 9.17) is 4.74 Å². The van der Waals surface area contributed by atoms with Gasteiger partial charge in [-0.3, -0.25) is 9.69 Å². The number of carbonyl (C=O) groups excluding carboxylic acids is 1. The van der Waals surface area contributed by atoms with Gasteiger partial charge in [0.05, 0.1) is 11.3 Å². The van der Waals surface area contributed by atoms with E-state index in [-0.39, 0.29) is 16.3 Å². The van der Waals surface area contributed by atoms with Crippen LogP contribution in [0.15, 0.2) is 29.2 Å². The zero-order valence-electron chi connectivity index (χ0n) is 14.9. The first kappa shape index (κ1) is 18.4. The molecular weight excluding hydrogens is 340 g/mol. The number of piperazine rings is 1. The minimum absolute atomic E-state index is 0.0340. The fourth-order valence-corrected chi connectivity index (χ4v) is 4.34. The summed E-state index contributed by atoms with van der Waals surface area (Å²) in [4.78, 5) is 17.4. The molecule has 7 heteroatoms. The molecule has 0 atom stereocenters. The van der Waals surface area contributed by atoms with E-state index in [0.717, 1.165) is 51.3 Å². The number of nitrogens with zero attached hydrogens (tertiary/aromatic N) is 2. The van der Waals surface area contributed by atoms with Crippen molar-refractivity contribution in [1.29, 1.82) is 0 Å². The van der Waals surface area contributed by atoms with E-state index in [0.29, 0.717) is 6.42 Å². The van der Waals surface area contributed by atoms with Gasteiger partial charge in [0, 0.05) is 44.6 Å². The molecular formula is C18H26N2O4S. The number of benzene rings is 1. The molecule has 0 unspecified atom stereocenters. The van der Waals surface area contributed by atoms with Crippen LogP contribution in [-0.4, -0.2) is 75.8 Å². The molecule has 1 aromatic carbocycles. The lowest BCUT2D eigenvalue weighted by molar-refractivity contribution is -0.139. The van der Waals surface area contributed by atoms with E-state index in [1.54, 1.807) is 24.3 Å². The molecule has 1 aromatic rings. The van der Waals surface area contributed by atoms with E-state index in [2.05, 4.69) is 11.9 Å². The number of hydrogen-bond donors (Lipinski definition) is 0.